The Morgan fingerprint density at radius 2 is 1.69 bits per heavy atom. The molecule has 2 saturated heterocycles. The highest BCUT2D eigenvalue weighted by molar-refractivity contribution is 6.00. The molecule has 1 aromatic heterocycles. The number of nitrogens with zero attached hydrogens (tertiary/aromatic N) is 4. The van der Waals surface area contributed by atoms with Gasteiger partial charge in [0.1, 0.15) is 6.04 Å². The first-order chi connectivity index (χ1) is 16.9. The molecule has 2 amide bonds. The van der Waals surface area contributed by atoms with E-state index < -0.39 is 11.9 Å². The van der Waals surface area contributed by atoms with Crippen molar-refractivity contribution in [1.82, 2.24) is 24.3 Å². The lowest BCUT2D eigenvalue weighted by atomic mass is 10.1. The van der Waals surface area contributed by atoms with Crippen LogP contribution in [0.25, 0.3) is 11.0 Å². The lowest BCUT2D eigenvalue weighted by Gasteiger charge is -2.32. The molecule has 192 valence electrons. The molecule has 0 bridgehead atoms. The minimum Gasteiger partial charge on any atom is -0.379 e. The van der Waals surface area contributed by atoms with Crippen LogP contribution in [0.1, 0.15) is 30.9 Å². The van der Waals surface area contributed by atoms with Crippen LogP contribution in [-0.4, -0.2) is 96.9 Å². The van der Waals surface area contributed by atoms with Crippen LogP contribution in [0.2, 0.25) is 0 Å². The molecule has 0 unspecified atom stereocenters. The van der Waals surface area contributed by atoms with Crippen molar-refractivity contribution in [2.45, 2.75) is 31.7 Å². The Morgan fingerprint density at radius 1 is 0.943 bits per heavy atom. The van der Waals surface area contributed by atoms with Crippen LogP contribution in [0, 0.1) is 0 Å². The molecule has 0 saturated carbocycles. The first kappa shape index (κ1) is 25.6. The molecule has 0 radical (unpaired) electrons. The summed E-state index contributed by atoms with van der Waals surface area (Å²) in [5.74, 6) is -0.707. The predicted molar refractivity (Wildman–Crippen MR) is 132 cm³/mol. The molecule has 3 heterocycles. The number of piperidine rings is 1. The largest absolute Gasteiger partial charge is 0.379 e. The number of imidazole rings is 1. The number of aryl methyl sites for hydroxylation is 2. The average molecular weight is 488 g/mol. The van der Waals surface area contributed by atoms with Crippen molar-refractivity contribution in [3.63, 3.8) is 0 Å². The van der Waals surface area contributed by atoms with Crippen LogP contribution in [0.3, 0.4) is 0 Å². The first-order valence-electron chi connectivity index (χ1n) is 12.5. The molecule has 0 spiro atoms. The van der Waals surface area contributed by atoms with E-state index >= 15 is 0 Å². The van der Waals surface area contributed by atoms with Gasteiger partial charge in [0.2, 0.25) is 11.8 Å². The lowest BCUT2D eigenvalue weighted by molar-refractivity contribution is -0.135. The SMILES string of the molecule is CN1CCN(CCOCCOCCCc2ccc3c(c2)n(C)c(=O)n3[C@H]2CCC(=O)NC2=O)CC1. The first-order valence-corrected chi connectivity index (χ1v) is 12.5. The molecule has 2 aliphatic rings. The number of likely N-dealkylation sites (N-methyl/N-ethyl adjacent to an activating group) is 1. The van der Waals surface area contributed by atoms with Gasteiger partial charge < -0.3 is 14.4 Å². The minimum absolute atomic E-state index is 0.235. The zero-order valence-corrected chi connectivity index (χ0v) is 20.8. The highest BCUT2D eigenvalue weighted by atomic mass is 16.5. The number of aromatic nitrogens is 2. The molecule has 2 aliphatic heterocycles. The number of ether oxygens (including phenoxy) is 2. The molecule has 0 aliphatic carbocycles. The number of carbonyl (C=O) groups is 2. The van der Waals surface area contributed by atoms with E-state index in [1.165, 1.54) is 4.57 Å². The molecule has 1 aromatic carbocycles. The maximum atomic E-state index is 12.9. The number of hydrogen-bond donors (Lipinski definition) is 1. The van der Waals surface area contributed by atoms with Crippen molar-refractivity contribution in [2.75, 3.05) is 66.2 Å². The van der Waals surface area contributed by atoms with E-state index in [-0.39, 0.29) is 18.0 Å². The number of imide groups is 1. The van der Waals surface area contributed by atoms with Gasteiger partial charge in [0.25, 0.3) is 0 Å². The number of amides is 2. The van der Waals surface area contributed by atoms with Crippen LogP contribution in [0.4, 0.5) is 0 Å². The van der Waals surface area contributed by atoms with E-state index in [1.807, 2.05) is 18.2 Å². The summed E-state index contributed by atoms with van der Waals surface area (Å²) in [7, 11) is 3.87. The average Bonchev–Trinajstić information content (AvgIpc) is 3.09. The number of fused-ring (bicyclic) bond motifs is 1. The molecular formula is C25H37N5O5. The Bertz CT molecular complexity index is 1090. The third-order valence-electron chi connectivity index (χ3n) is 6.95. The molecule has 4 rings (SSSR count). The van der Waals surface area contributed by atoms with Crippen molar-refractivity contribution >= 4 is 22.8 Å². The summed E-state index contributed by atoms with van der Waals surface area (Å²) in [6.07, 6.45) is 2.27. The fourth-order valence-electron chi connectivity index (χ4n) is 4.76. The van der Waals surface area contributed by atoms with Crippen molar-refractivity contribution in [3.05, 3.63) is 34.2 Å². The van der Waals surface area contributed by atoms with E-state index in [0.29, 0.717) is 31.8 Å². The fourth-order valence-corrected chi connectivity index (χ4v) is 4.76. The molecule has 2 fully saturated rings. The van der Waals surface area contributed by atoms with Gasteiger partial charge in [-0.1, -0.05) is 6.07 Å². The van der Waals surface area contributed by atoms with E-state index in [1.54, 1.807) is 11.6 Å². The Hall–Kier alpha value is -2.53. The topological polar surface area (TPSA) is 98.0 Å². The molecule has 10 heteroatoms. The number of rotatable bonds is 11. The maximum Gasteiger partial charge on any atom is 0.329 e. The van der Waals surface area contributed by atoms with Crippen molar-refractivity contribution < 1.29 is 19.1 Å². The fraction of sp³-hybridized carbons (Fsp3) is 0.640. The van der Waals surface area contributed by atoms with Gasteiger partial charge in [-0.25, -0.2) is 4.79 Å². The van der Waals surface area contributed by atoms with Gasteiger partial charge in [0, 0.05) is 52.8 Å². The van der Waals surface area contributed by atoms with Crippen LogP contribution >= 0.6 is 0 Å². The van der Waals surface area contributed by atoms with Gasteiger partial charge in [-0.2, -0.15) is 0 Å². The Kier molecular flexibility index (Phi) is 8.72. The molecule has 10 nitrogen and oxygen atoms in total. The Labute approximate surface area is 205 Å². The normalized spacial score (nSPS) is 20.0. The van der Waals surface area contributed by atoms with Crippen molar-refractivity contribution in [3.8, 4) is 0 Å². The number of nitrogens with one attached hydrogen (secondary N) is 1. The second-order valence-corrected chi connectivity index (χ2v) is 9.47. The summed E-state index contributed by atoms with van der Waals surface area (Å²) in [4.78, 5) is 41.5. The molecule has 1 N–H and O–H groups in total. The summed E-state index contributed by atoms with van der Waals surface area (Å²) < 4.78 is 14.5. The van der Waals surface area contributed by atoms with E-state index in [2.05, 4.69) is 22.2 Å². The summed E-state index contributed by atoms with van der Waals surface area (Å²) in [5, 5.41) is 2.34. The Balaban J connectivity index is 1.19. The number of carbonyl (C=O) groups excluding carboxylic acids is 2. The zero-order chi connectivity index (χ0) is 24.8. The highest BCUT2D eigenvalue weighted by Crippen LogP contribution is 2.24. The maximum absolute atomic E-state index is 12.9. The van der Waals surface area contributed by atoms with Crippen molar-refractivity contribution in [1.29, 1.82) is 0 Å². The summed E-state index contributed by atoms with van der Waals surface area (Å²) >= 11 is 0. The van der Waals surface area contributed by atoms with Crippen molar-refractivity contribution in [2.24, 2.45) is 7.05 Å². The summed E-state index contributed by atoms with van der Waals surface area (Å²) in [5.41, 5.74) is 2.36. The van der Waals surface area contributed by atoms with Gasteiger partial charge in [-0.3, -0.25) is 28.9 Å². The molecule has 35 heavy (non-hydrogen) atoms. The third-order valence-corrected chi connectivity index (χ3v) is 6.95. The van der Waals surface area contributed by atoms with Crippen LogP contribution in [0.15, 0.2) is 23.0 Å². The van der Waals surface area contributed by atoms with Gasteiger partial charge >= 0.3 is 5.69 Å². The monoisotopic (exact) mass is 487 g/mol. The second-order valence-electron chi connectivity index (χ2n) is 9.47. The lowest BCUT2D eigenvalue weighted by Crippen LogP contribution is -2.45. The van der Waals surface area contributed by atoms with Gasteiger partial charge in [0.15, 0.2) is 0 Å². The third kappa shape index (κ3) is 6.38. The number of benzene rings is 1. The Morgan fingerprint density at radius 3 is 2.43 bits per heavy atom. The van der Waals surface area contributed by atoms with E-state index in [4.69, 9.17) is 9.47 Å². The van der Waals surface area contributed by atoms with Crippen LogP contribution in [-0.2, 0) is 32.5 Å². The second kappa shape index (κ2) is 11.9. The summed E-state index contributed by atoms with van der Waals surface area (Å²) in [6, 6.07) is 5.23. The number of hydrogen-bond acceptors (Lipinski definition) is 7. The molecular weight excluding hydrogens is 450 g/mol. The molecule has 2 aromatic rings. The van der Waals surface area contributed by atoms with Gasteiger partial charge in [-0.05, 0) is 44.0 Å². The van der Waals surface area contributed by atoms with Gasteiger partial charge in [-0.15, -0.1) is 0 Å². The quantitative estimate of drug-likeness (QED) is 0.365. The van der Waals surface area contributed by atoms with E-state index in [0.717, 1.165) is 63.3 Å². The predicted octanol–water partition coefficient (Wildman–Crippen LogP) is 0.531. The van der Waals surface area contributed by atoms with Crippen LogP contribution < -0.4 is 11.0 Å². The standard InChI is InChI=1S/C25H37N5O5/c1-27-9-11-29(12-10-27)13-15-35-17-16-34-14-3-4-19-5-6-20-22(18-19)28(2)25(33)30(20)21-7-8-23(31)26-24(21)32/h5-6,18,21H,3-4,7-17H2,1-2H3,(H,26,31,32)/t21-/m0/s1. The number of piperazine rings is 1. The van der Waals surface area contributed by atoms with Crippen LogP contribution in [0.5, 0.6) is 0 Å². The minimum atomic E-state index is -0.660. The zero-order valence-electron chi connectivity index (χ0n) is 20.8. The highest BCUT2D eigenvalue weighted by Gasteiger charge is 2.31. The van der Waals surface area contributed by atoms with Gasteiger partial charge in [0.05, 0.1) is 30.9 Å². The molecule has 1 atom stereocenters. The summed E-state index contributed by atoms with van der Waals surface area (Å²) in [6.45, 7) is 8.02. The smallest absolute Gasteiger partial charge is 0.329 e. The van der Waals surface area contributed by atoms with E-state index in [9.17, 15) is 14.4 Å².